The van der Waals surface area contributed by atoms with Crippen LogP contribution in [-0.2, 0) is 22.6 Å². The molecule has 0 unspecified atom stereocenters. The van der Waals surface area contributed by atoms with Crippen LogP contribution in [0.2, 0.25) is 0 Å². The van der Waals surface area contributed by atoms with Crippen molar-refractivity contribution in [3.8, 4) is 0 Å². The molecule has 1 aliphatic heterocycles. The van der Waals surface area contributed by atoms with Gasteiger partial charge in [-0.3, -0.25) is 14.4 Å². The molecule has 6 nitrogen and oxygen atoms in total. The van der Waals surface area contributed by atoms with Crippen molar-refractivity contribution in [2.45, 2.75) is 45.7 Å². The maximum absolute atomic E-state index is 13.9. The number of aryl methyl sites for hydroxylation is 1. The Labute approximate surface area is 235 Å². The van der Waals surface area contributed by atoms with E-state index in [0.717, 1.165) is 33.2 Å². The molecular weight excluding hydrogens is 498 g/mol. The van der Waals surface area contributed by atoms with Gasteiger partial charge in [-0.05, 0) is 48.9 Å². The molecule has 0 radical (unpaired) electrons. The molecule has 0 aliphatic carbocycles. The van der Waals surface area contributed by atoms with Gasteiger partial charge in [-0.15, -0.1) is 0 Å². The van der Waals surface area contributed by atoms with Gasteiger partial charge in [0.05, 0.1) is 5.69 Å². The zero-order valence-electron chi connectivity index (χ0n) is 23.1. The van der Waals surface area contributed by atoms with E-state index in [1.807, 2.05) is 98.8 Å². The van der Waals surface area contributed by atoms with E-state index in [-0.39, 0.29) is 24.1 Å². The molecule has 1 atom stereocenters. The lowest BCUT2D eigenvalue weighted by molar-refractivity contribution is -0.141. The normalized spacial score (nSPS) is 12.9. The summed E-state index contributed by atoms with van der Waals surface area (Å²) in [6.45, 7) is 5.16. The molecule has 5 rings (SSSR count). The van der Waals surface area contributed by atoms with Crippen LogP contribution in [0.5, 0.6) is 0 Å². The molecule has 0 bridgehead atoms. The van der Waals surface area contributed by atoms with Gasteiger partial charge in [-0.25, -0.2) is 0 Å². The van der Waals surface area contributed by atoms with E-state index in [2.05, 4.69) is 11.4 Å². The number of rotatable bonds is 11. The van der Waals surface area contributed by atoms with E-state index in [1.54, 1.807) is 9.80 Å². The fraction of sp³-hybridized carbons (Fsp3) is 0.265. The Balaban J connectivity index is 1.36. The van der Waals surface area contributed by atoms with E-state index >= 15 is 0 Å². The lowest BCUT2D eigenvalue weighted by atomic mass is 10.0. The highest BCUT2D eigenvalue weighted by atomic mass is 16.2. The Bertz CT molecular complexity index is 1530. The number of amides is 3. The molecule has 4 aromatic carbocycles. The predicted molar refractivity (Wildman–Crippen MR) is 159 cm³/mol. The van der Waals surface area contributed by atoms with Gasteiger partial charge in [0, 0.05) is 43.4 Å². The molecule has 3 amide bonds. The Hall–Kier alpha value is -4.45. The summed E-state index contributed by atoms with van der Waals surface area (Å²) in [6.07, 6.45) is 1.14. The molecule has 0 fully saturated rings. The van der Waals surface area contributed by atoms with Gasteiger partial charge in [-0.1, -0.05) is 84.4 Å². The molecule has 0 saturated carbocycles. The van der Waals surface area contributed by atoms with Crippen LogP contribution in [0.3, 0.4) is 0 Å². The molecule has 6 heteroatoms. The second-order valence-electron chi connectivity index (χ2n) is 10.4. The van der Waals surface area contributed by atoms with Crippen molar-refractivity contribution in [2.24, 2.45) is 0 Å². The topological polar surface area (TPSA) is 69.7 Å². The summed E-state index contributed by atoms with van der Waals surface area (Å²) >= 11 is 0. The lowest BCUT2D eigenvalue weighted by Crippen LogP contribution is -2.50. The number of nitrogens with zero attached hydrogens (tertiary/aromatic N) is 2. The van der Waals surface area contributed by atoms with E-state index in [4.69, 9.17) is 0 Å². The van der Waals surface area contributed by atoms with Crippen molar-refractivity contribution in [1.82, 2.24) is 10.2 Å². The minimum absolute atomic E-state index is 0.0276. The van der Waals surface area contributed by atoms with Crippen LogP contribution in [0.4, 0.5) is 5.69 Å². The first-order valence-electron chi connectivity index (χ1n) is 14.0. The summed E-state index contributed by atoms with van der Waals surface area (Å²) in [5.74, 6) is -0.291. The number of carbonyl (C=O) groups excluding carboxylic acids is 3. The van der Waals surface area contributed by atoms with Crippen LogP contribution in [0, 0.1) is 6.92 Å². The van der Waals surface area contributed by atoms with Gasteiger partial charge >= 0.3 is 0 Å². The summed E-state index contributed by atoms with van der Waals surface area (Å²) in [7, 11) is 0. The molecule has 204 valence electrons. The molecule has 40 heavy (non-hydrogen) atoms. The summed E-state index contributed by atoms with van der Waals surface area (Å²) in [6, 6.07) is 28.9. The van der Waals surface area contributed by atoms with Crippen molar-refractivity contribution < 1.29 is 14.4 Å². The van der Waals surface area contributed by atoms with Gasteiger partial charge in [-0.2, -0.15) is 0 Å². The zero-order chi connectivity index (χ0) is 28.1. The van der Waals surface area contributed by atoms with Gasteiger partial charge in [0.2, 0.25) is 11.8 Å². The van der Waals surface area contributed by atoms with Gasteiger partial charge in [0.15, 0.2) is 0 Å². The third kappa shape index (κ3) is 5.76. The molecule has 0 spiro atoms. The number of carbonyl (C=O) groups is 3. The van der Waals surface area contributed by atoms with E-state index < -0.39 is 6.04 Å². The van der Waals surface area contributed by atoms with Gasteiger partial charge < -0.3 is 15.1 Å². The van der Waals surface area contributed by atoms with Crippen molar-refractivity contribution >= 4 is 34.2 Å². The number of hydrogen-bond acceptors (Lipinski definition) is 3. The second-order valence-corrected chi connectivity index (χ2v) is 10.4. The quantitative estimate of drug-likeness (QED) is 0.270. The SMILES string of the molecule is CCNC(=O)[C@H](Cc1ccccc1)N(Cc1cccc(C)c1)C(=O)CCCN1C(=O)c2cccc3cccc1c23. The van der Waals surface area contributed by atoms with Crippen LogP contribution in [-0.4, -0.2) is 41.8 Å². The molecule has 4 aromatic rings. The van der Waals surface area contributed by atoms with Crippen LogP contribution in [0.15, 0.2) is 91.0 Å². The molecule has 1 aliphatic rings. The van der Waals surface area contributed by atoms with Crippen molar-refractivity contribution in [3.63, 3.8) is 0 Å². The summed E-state index contributed by atoms with van der Waals surface area (Å²) in [4.78, 5) is 43.9. The fourth-order valence-electron chi connectivity index (χ4n) is 5.59. The molecular formula is C34H35N3O3. The number of likely N-dealkylation sites (N-methyl/N-ethyl adjacent to an activating group) is 1. The van der Waals surface area contributed by atoms with Crippen molar-refractivity contribution in [1.29, 1.82) is 0 Å². The first-order valence-corrected chi connectivity index (χ1v) is 14.0. The monoisotopic (exact) mass is 533 g/mol. The minimum atomic E-state index is -0.651. The highest BCUT2D eigenvalue weighted by molar-refractivity contribution is 6.25. The first-order chi connectivity index (χ1) is 19.5. The molecule has 0 aromatic heterocycles. The van der Waals surface area contributed by atoms with Crippen LogP contribution in [0.1, 0.15) is 46.8 Å². The lowest BCUT2D eigenvalue weighted by Gasteiger charge is -2.32. The standard InChI is InChI=1S/C34H35N3O3/c1-3-35-33(39)30(22-25-12-5-4-6-13-25)37(23-26-14-7-11-24(2)21-26)31(38)19-10-20-36-29-18-9-16-27-15-8-17-28(32(27)29)34(36)40/h4-9,11-18,21,30H,3,10,19-20,22-23H2,1-2H3,(H,35,39)/t30-/m0/s1. The summed E-state index contributed by atoms with van der Waals surface area (Å²) < 4.78 is 0. The predicted octanol–water partition coefficient (Wildman–Crippen LogP) is 5.66. The zero-order valence-corrected chi connectivity index (χ0v) is 23.1. The smallest absolute Gasteiger partial charge is 0.258 e. The van der Waals surface area contributed by atoms with Gasteiger partial charge in [0.1, 0.15) is 6.04 Å². The largest absolute Gasteiger partial charge is 0.355 e. The minimum Gasteiger partial charge on any atom is -0.355 e. The van der Waals surface area contributed by atoms with Crippen molar-refractivity contribution in [3.05, 3.63) is 113 Å². The summed E-state index contributed by atoms with van der Waals surface area (Å²) in [5, 5.41) is 4.95. The Kier molecular flexibility index (Phi) is 8.25. The maximum Gasteiger partial charge on any atom is 0.258 e. The van der Waals surface area contributed by atoms with Gasteiger partial charge in [0.25, 0.3) is 5.91 Å². The Morgan fingerprint density at radius 2 is 1.62 bits per heavy atom. The van der Waals surface area contributed by atoms with Crippen LogP contribution >= 0.6 is 0 Å². The average molecular weight is 534 g/mol. The van der Waals surface area contributed by atoms with Crippen LogP contribution in [0.25, 0.3) is 10.8 Å². The molecule has 0 saturated heterocycles. The van der Waals surface area contributed by atoms with E-state index in [9.17, 15) is 14.4 Å². The second kappa shape index (κ2) is 12.2. The number of hydrogen-bond donors (Lipinski definition) is 1. The number of nitrogens with one attached hydrogen (secondary N) is 1. The van der Waals surface area contributed by atoms with E-state index in [1.165, 1.54) is 0 Å². The Morgan fingerprint density at radius 1 is 0.900 bits per heavy atom. The third-order valence-electron chi connectivity index (χ3n) is 7.48. The maximum atomic E-state index is 13.9. The first kappa shape index (κ1) is 27.1. The third-order valence-corrected chi connectivity index (χ3v) is 7.48. The Morgan fingerprint density at radius 3 is 2.38 bits per heavy atom. The molecule has 1 N–H and O–H groups in total. The highest BCUT2D eigenvalue weighted by Crippen LogP contribution is 2.37. The van der Waals surface area contributed by atoms with Crippen LogP contribution < -0.4 is 10.2 Å². The fourth-order valence-corrected chi connectivity index (χ4v) is 5.59. The number of benzene rings is 4. The average Bonchev–Trinajstić information content (AvgIpc) is 3.23. The highest BCUT2D eigenvalue weighted by Gasteiger charge is 2.32. The number of anilines is 1. The van der Waals surface area contributed by atoms with Crippen molar-refractivity contribution in [2.75, 3.05) is 18.0 Å². The summed E-state index contributed by atoms with van der Waals surface area (Å²) in [5.41, 5.74) is 4.68. The molecule has 1 heterocycles. The van der Waals surface area contributed by atoms with E-state index in [0.29, 0.717) is 38.0 Å².